The maximum Gasteiger partial charge on any atom is 0.222 e. The zero-order valence-electron chi connectivity index (χ0n) is 11.1. The van der Waals surface area contributed by atoms with E-state index in [2.05, 4.69) is 22.5 Å². The molecule has 0 unspecified atom stereocenters. The highest BCUT2D eigenvalue weighted by atomic mass is 16.1. The number of nitrogens with zero attached hydrogens (tertiary/aromatic N) is 2. The molecule has 0 radical (unpaired) electrons. The predicted octanol–water partition coefficient (Wildman–Crippen LogP) is 2.19. The van der Waals surface area contributed by atoms with E-state index in [1.807, 2.05) is 37.4 Å². The topological polar surface area (TPSA) is 46.9 Å². The van der Waals surface area contributed by atoms with Crippen molar-refractivity contribution in [3.63, 3.8) is 0 Å². The third-order valence-corrected chi connectivity index (χ3v) is 3.04. The Morgan fingerprint density at radius 2 is 2.11 bits per heavy atom. The third-order valence-electron chi connectivity index (χ3n) is 3.04. The number of carbonyl (C=O) groups excluding carboxylic acids is 1. The van der Waals surface area contributed by atoms with Gasteiger partial charge in [-0.1, -0.05) is 30.3 Å². The van der Waals surface area contributed by atoms with Crippen LogP contribution in [0, 0.1) is 0 Å². The van der Waals surface area contributed by atoms with E-state index in [9.17, 15) is 4.79 Å². The third kappa shape index (κ3) is 4.25. The minimum Gasteiger partial charge on any atom is -0.356 e. The van der Waals surface area contributed by atoms with Crippen LogP contribution in [0.25, 0.3) is 0 Å². The van der Waals surface area contributed by atoms with Crippen LogP contribution in [0.2, 0.25) is 0 Å². The molecule has 0 aliphatic rings. The molecule has 1 atom stereocenters. The molecule has 1 amide bonds. The van der Waals surface area contributed by atoms with Gasteiger partial charge in [-0.15, -0.1) is 0 Å². The SMILES string of the molecule is C[C@H](CC(=O)NCCc1ccccc1)n1cccn1. The maximum atomic E-state index is 11.8. The van der Waals surface area contributed by atoms with Crippen LogP contribution in [0.5, 0.6) is 0 Å². The molecule has 1 heterocycles. The van der Waals surface area contributed by atoms with Crippen LogP contribution < -0.4 is 5.32 Å². The first-order valence-corrected chi connectivity index (χ1v) is 6.55. The summed E-state index contributed by atoms with van der Waals surface area (Å²) >= 11 is 0. The number of amides is 1. The molecule has 0 fully saturated rings. The summed E-state index contributed by atoms with van der Waals surface area (Å²) in [6.07, 6.45) is 4.92. The molecular weight excluding hydrogens is 238 g/mol. The molecule has 0 aliphatic carbocycles. The van der Waals surface area contributed by atoms with Crippen LogP contribution in [-0.4, -0.2) is 22.2 Å². The summed E-state index contributed by atoms with van der Waals surface area (Å²) in [5.74, 6) is 0.0685. The van der Waals surface area contributed by atoms with Crippen molar-refractivity contribution in [2.24, 2.45) is 0 Å². The van der Waals surface area contributed by atoms with E-state index in [0.29, 0.717) is 13.0 Å². The van der Waals surface area contributed by atoms with E-state index >= 15 is 0 Å². The minimum absolute atomic E-state index is 0.0685. The second kappa shape index (κ2) is 6.73. The Kier molecular flexibility index (Phi) is 4.72. The van der Waals surface area contributed by atoms with E-state index in [4.69, 9.17) is 0 Å². The highest BCUT2D eigenvalue weighted by molar-refractivity contribution is 5.76. The first-order valence-electron chi connectivity index (χ1n) is 6.55. The molecule has 2 aromatic rings. The molecule has 1 aromatic carbocycles. The van der Waals surface area contributed by atoms with Crippen LogP contribution in [-0.2, 0) is 11.2 Å². The highest BCUT2D eigenvalue weighted by Gasteiger charge is 2.10. The maximum absolute atomic E-state index is 11.8. The lowest BCUT2D eigenvalue weighted by molar-refractivity contribution is -0.121. The van der Waals surface area contributed by atoms with Crippen LogP contribution in [0.1, 0.15) is 24.9 Å². The summed E-state index contributed by atoms with van der Waals surface area (Å²) < 4.78 is 1.80. The molecule has 0 saturated carbocycles. The highest BCUT2D eigenvalue weighted by Crippen LogP contribution is 2.08. The number of hydrogen-bond donors (Lipinski definition) is 1. The Morgan fingerprint density at radius 1 is 1.32 bits per heavy atom. The second-order valence-corrected chi connectivity index (χ2v) is 4.62. The molecule has 1 N–H and O–H groups in total. The number of rotatable bonds is 6. The molecule has 1 aromatic heterocycles. The van der Waals surface area contributed by atoms with Gasteiger partial charge in [0.1, 0.15) is 0 Å². The average molecular weight is 257 g/mol. The van der Waals surface area contributed by atoms with Gasteiger partial charge in [0, 0.05) is 25.4 Å². The first kappa shape index (κ1) is 13.3. The molecule has 100 valence electrons. The fourth-order valence-corrected chi connectivity index (χ4v) is 1.97. The van der Waals surface area contributed by atoms with Crippen molar-refractivity contribution in [2.45, 2.75) is 25.8 Å². The van der Waals surface area contributed by atoms with Gasteiger partial charge in [-0.3, -0.25) is 9.48 Å². The number of nitrogens with one attached hydrogen (secondary N) is 1. The van der Waals surface area contributed by atoms with E-state index in [1.54, 1.807) is 10.9 Å². The molecule has 0 aliphatic heterocycles. The first-order chi connectivity index (χ1) is 9.25. The fraction of sp³-hybridized carbons (Fsp3) is 0.333. The monoisotopic (exact) mass is 257 g/mol. The lowest BCUT2D eigenvalue weighted by Gasteiger charge is -2.12. The summed E-state index contributed by atoms with van der Waals surface area (Å²) in [5, 5.41) is 7.08. The van der Waals surface area contributed by atoms with Crippen molar-refractivity contribution in [1.82, 2.24) is 15.1 Å². The lowest BCUT2D eigenvalue weighted by Crippen LogP contribution is -2.27. The van der Waals surface area contributed by atoms with Crippen LogP contribution in [0.3, 0.4) is 0 Å². The summed E-state index contributed by atoms with van der Waals surface area (Å²) in [5.41, 5.74) is 1.24. The van der Waals surface area contributed by atoms with Gasteiger partial charge in [-0.25, -0.2) is 0 Å². The lowest BCUT2D eigenvalue weighted by atomic mass is 10.1. The summed E-state index contributed by atoms with van der Waals surface area (Å²) in [4.78, 5) is 11.8. The Bertz CT molecular complexity index is 493. The normalized spacial score (nSPS) is 12.1. The van der Waals surface area contributed by atoms with Crippen molar-refractivity contribution >= 4 is 5.91 Å². The average Bonchev–Trinajstić information content (AvgIpc) is 2.94. The number of benzene rings is 1. The van der Waals surface area contributed by atoms with E-state index in [1.165, 1.54) is 5.56 Å². The van der Waals surface area contributed by atoms with E-state index < -0.39 is 0 Å². The van der Waals surface area contributed by atoms with Crippen molar-refractivity contribution < 1.29 is 4.79 Å². The second-order valence-electron chi connectivity index (χ2n) is 4.62. The smallest absolute Gasteiger partial charge is 0.222 e. The molecule has 19 heavy (non-hydrogen) atoms. The van der Waals surface area contributed by atoms with Gasteiger partial charge in [0.25, 0.3) is 0 Å². The van der Waals surface area contributed by atoms with Gasteiger partial charge in [-0.2, -0.15) is 5.10 Å². The standard InChI is InChI=1S/C15H19N3O/c1-13(18-11-5-9-17-18)12-15(19)16-10-8-14-6-3-2-4-7-14/h2-7,9,11,13H,8,10,12H2,1H3,(H,16,19)/t13-/m1/s1. The largest absolute Gasteiger partial charge is 0.356 e. The molecular formula is C15H19N3O. The van der Waals surface area contributed by atoms with Crippen LogP contribution in [0.4, 0.5) is 0 Å². The minimum atomic E-state index is 0.0685. The van der Waals surface area contributed by atoms with Gasteiger partial charge in [0.15, 0.2) is 0 Å². The predicted molar refractivity (Wildman–Crippen MR) is 74.7 cm³/mol. The van der Waals surface area contributed by atoms with Gasteiger partial charge in [-0.05, 0) is 25.0 Å². The molecule has 4 nitrogen and oxygen atoms in total. The zero-order chi connectivity index (χ0) is 13.5. The van der Waals surface area contributed by atoms with Crippen molar-refractivity contribution in [2.75, 3.05) is 6.54 Å². The summed E-state index contributed by atoms with van der Waals surface area (Å²) in [7, 11) is 0. The Labute approximate surface area is 113 Å². The number of hydrogen-bond acceptors (Lipinski definition) is 2. The van der Waals surface area contributed by atoms with Gasteiger partial charge in [0.05, 0.1) is 6.04 Å². The van der Waals surface area contributed by atoms with Crippen molar-refractivity contribution in [3.8, 4) is 0 Å². The molecule has 0 bridgehead atoms. The summed E-state index contributed by atoms with van der Waals surface area (Å²) in [6.45, 7) is 2.67. The number of aromatic nitrogens is 2. The zero-order valence-corrected chi connectivity index (χ0v) is 11.1. The van der Waals surface area contributed by atoms with E-state index in [-0.39, 0.29) is 11.9 Å². The van der Waals surface area contributed by atoms with Crippen LogP contribution in [0.15, 0.2) is 48.8 Å². The number of carbonyl (C=O) groups is 1. The van der Waals surface area contributed by atoms with Crippen molar-refractivity contribution in [3.05, 3.63) is 54.4 Å². The molecule has 2 rings (SSSR count). The molecule has 4 heteroatoms. The molecule has 0 saturated heterocycles. The summed E-state index contributed by atoms with van der Waals surface area (Å²) in [6, 6.07) is 12.1. The molecule has 0 spiro atoms. The van der Waals surface area contributed by atoms with Crippen LogP contribution >= 0.6 is 0 Å². The quantitative estimate of drug-likeness (QED) is 0.862. The van der Waals surface area contributed by atoms with Gasteiger partial charge in [0.2, 0.25) is 5.91 Å². The van der Waals surface area contributed by atoms with Crippen molar-refractivity contribution in [1.29, 1.82) is 0 Å². The Hall–Kier alpha value is -2.10. The van der Waals surface area contributed by atoms with Gasteiger partial charge < -0.3 is 5.32 Å². The van der Waals surface area contributed by atoms with E-state index in [0.717, 1.165) is 6.42 Å². The fourth-order valence-electron chi connectivity index (χ4n) is 1.97. The Morgan fingerprint density at radius 3 is 2.79 bits per heavy atom. The Balaban J connectivity index is 1.70. The van der Waals surface area contributed by atoms with Gasteiger partial charge >= 0.3 is 0 Å².